The predicted octanol–water partition coefficient (Wildman–Crippen LogP) is 10.3. The van der Waals surface area contributed by atoms with Crippen LogP contribution in [0.1, 0.15) is 0 Å². The third-order valence-electron chi connectivity index (χ3n) is 4.91. The van der Waals surface area contributed by atoms with Crippen LogP contribution < -0.4 is 0 Å². The molecule has 0 radical (unpaired) electrons. The maximum absolute atomic E-state index is 14.4. The minimum absolute atomic E-state index is 0.613. The van der Waals surface area contributed by atoms with Crippen molar-refractivity contribution in [3.63, 3.8) is 0 Å². The first kappa shape index (κ1) is 48.6. The summed E-state index contributed by atoms with van der Waals surface area (Å²) in [6, 6.07) is 0. The molecule has 0 saturated heterocycles. The molecule has 0 amide bonds. The van der Waals surface area contributed by atoms with E-state index in [1.807, 2.05) is 0 Å². The maximum Gasteiger partial charge on any atom is 0.483 e. The van der Waals surface area contributed by atoms with Crippen molar-refractivity contribution < 1.29 is 159 Å². The largest absolute Gasteiger partial charge is 0.483 e. The smallest absolute Gasteiger partial charge is 0.266 e. The van der Waals surface area contributed by atoms with E-state index in [9.17, 15) is 140 Å². The van der Waals surface area contributed by atoms with E-state index >= 15 is 0 Å². The van der Waals surface area contributed by atoms with Gasteiger partial charge in [-0.3, -0.25) is 9.47 Å². The van der Waals surface area contributed by atoms with E-state index in [2.05, 4.69) is 0 Å². The van der Waals surface area contributed by atoms with Gasteiger partial charge in [-0.15, -0.1) is 0 Å². The van der Waals surface area contributed by atoms with Gasteiger partial charge in [0.1, 0.15) is 0 Å². The fraction of sp³-hybridized carbons (Fsp3) is 1.00. The van der Waals surface area contributed by atoms with E-state index < -0.39 is 90.8 Å². The molecule has 0 fully saturated rings. The summed E-state index contributed by atoms with van der Waals surface area (Å²) in [7, 11) is 0. The lowest BCUT2D eigenvalue weighted by Crippen LogP contribution is -2.76. The fourth-order valence-electron chi connectivity index (χ4n) is 2.63. The highest BCUT2D eigenvalue weighted by molar-refractivity contribution is 5.08. The van der Waals surface area contributed by atoms with Gasteiger partial charge in [0.15, 0.2) is 0 Å². The first-order valence-corrected chi connectivity index (χ1v) is 10.2. The Morgan fingerprint density at radius 1 is 0.176 bits per heavy atom. The Labute approximate surface area is 252 Å². The molecule has 0 spiro atoms. The van der Waals surface area contributed by atoms with Crippen LogP contribution >= 0.6 is 0 Å². The minimum atomic E-state index is -10.1. The molecule has 0 bridgehead atoms. The lowest BCUT2D eigenvalue weighted by atomic mass is 9.82. The number of rotatable bonds is 12. The van der Waals surface area contributed by atoms with E-state index in [0.717, 1.165) is 9.47 Å². The molecule has 0 aromatic carbocycles. The monoisotopic (exact) mass is 852 g/mol. The molecule has 0 aliphatic heterocycles. The number of halogens is 32. The summed E-state index contributed by atoms with van der Waals surface area (Å²) in [6.45, 7) is 0. The van der Waals surface area contributed by atoms with Gasteiger partial charge in [-0.2, -0.15) is 140 Å². The zero-order valence-corrected chi connectivity index (χ0v) is 21.2. The average molecular weight is 852 g/mol. The Morgan fingerprint density at radius 2 is 0.373 bits per heavy atom. The lowest BCUT2D eigenvalue weighted by Gasteiger charge is -2.48. The van der Waals surface area contributed by atoms with Gasteiger partial charge in [-0.25, -0.2) is 9.47 Å². The Balaban J connectivity index is 8.15. The van der Waals surface area contributed by atoms with Gasteiger partial charge in [0.2, 0.25) is 0 Å². The van der Waals surface area contributed by atoms with Crippen molar-refractivity contribution in [3.05, 3.63) is 0 Å². The van der Waals surface area contributed by atoms with Gasteiger partial charge in [-0.05, 0) is 0 Å². The zero-order chi connectivity index (χ0) is 42.3. The van der Waals surface area contributed by atoms with Crippen molar-refractivity contribution in [3.8, 4) is 0 Å². The summed E-state index contributed by atoms with van der Waals surface area (Å²) in [5.41, 5.74) is -10.1. The second-order valence-corrected chi connectivity index (χ2v) is 8.44. The van der Waals surface area contributed by atoms with Gasteiger partial charge >= 0.3 is 90.8 Å². The van der Waals surface area contributed by atoms with Crippen LogP contribution in [-0.4, -0.2) is 85.4 Å². The van der Waals surface area contributed by atoms with Crippen LogP contribution in [0.4, 0.5) is 140 Å². The van der Waals surface area contributed by atoms with Crippen molar-refractivity contribution in [2.75, 3.05) is 0 Å². The highest BCUT2D eigenvalue weighted by atomic mass is 19.5. The molecular formula is C15F32O4. The standard InChI is InChI=1S/C15F32O4/c16-2(6(24,25)26,13(42,43)51-15(46,47)9(33,34)35)48-10(36,37)1(4(18,19)20,5(21,22)23)11(38,39)50-12(40,41)3(17,7(27,28)29)49-14(44,45)8(30,31)32. The Kier molecular flexibility index (Phi) is 11.7. The van der Waals surface area contributed by atoms with E-state index in [1.54, 1.807) is 0 Å². The van der Waals surface area contributed by atoms with E-state index in [1.165, 1.54) is 0 Å². The van der Waals surface area contributed by atoms with Crippen molar-refractivity contribution in [2.45, 2.75) is 85.4 Å². The molecule has 0 aliphatic rings. The molecule has 36 heteroatoms. The van der Waals surface area contributed by atoms with Gasteiger partial charge in [0.25, 0.3) is 0 Å². The van der Waals surface area contributed by atoms with E-state index in [4.69, 9.17) is 0 Å². The summed E-state index contributed by atoms with van der Waals surface area (Å²) in [4.78, 5) is 0. The first-order chi connectivity index (χ1) is 21.3. The summed E-state index contributed by atoms with van der Waals surface area (Å²) < 4.78 is 424. The first-order valence-electron chi connectivity index (χ1n) is 10.2. The number of ether oxygens (including phenoxy) is 4. The minimum Gasteiger partial charge on any atom is -0.266 e. The van der Waals surface area contributed by atoms with Crippen molar-refractivity contribution in [2.24, 2.45) is 5.41 Å². The second-order valence-electron chi connectivity index (χ2n) is 8.44. The molecule has 0 aliphatic carbocycles. The lowest BCUT2D eigenvalue weighted by molar-refractivity contribution is -0.609. The normalized spacial score (nSPS) is 18.8. The van der Waals surface area contributed by atoms with Crippen molar-refractivity contribution in [1.82, 2.24) is 0 Å². The number of alkyl halides is 32. The van der Waals surface area contributed by atoms with Gasteiger partial charge in [-0.1, -0.05) is 0 Å². The quantitative estimate of drug-likeness (QED) is 0.183. The molecule has 2 unspecified atom stereocenters. The molecule has 4 nitrogen and oxygen atoms in total. The molecule has 0 rings (SSSR count). The molecule has 51 heavy (non-hydrogen) atoms. The van der Waals surface area contributed by atoms with Crippen LogP contribution in [0.5, 0.6) is 0 Å². The molecule has 0 N–H and O–H groups in total. The van der Waals surface area contributed by atoms with Crippen LogP contribution in [0, 0.1) is 5.41 Å². The Bertz CT molecular complexity index is 1200. The van der Waals surface area contributed by atoms with Gasteiger partial charge in [0.05, 0.1) is 0 Å². The van der Waals surface area contributed by atoms with E-state index in [-0.39, 0.29) is 0 Å². The third-order valence-corrected chi connectivity index (χ3v) is 4.91. The van der Waals surface area contributed by atoms with Crippen molar-refractivity contribution >= 4 is 0 Å². The zero-order valence-electron chi connectivity index (χ0n) is 21.2. The molecule has 0 aromatic heterocycles. The average Bonchev–Trinajstić information content (AvgIpc) is 2.70. The summed E-state index contributed by atoms with van der Waals surface area (Å²) in [5, 5.41) is 0. The number of hydrogen-bond acceptors (Lipinski definition) is 4. The van der Waals surface area contributed by atoms with Crippen molar-refractivity contribution in [1.29, 1.82) is 0 Å². The Hall–Kier alpha value is -2.40. The van der Waals surface area contributed by atoms with Gasteiger partial charge in [0, 0.05) is 0 Å². The van der Waals surface area contributed by atoms with Crippen LogP contribution in [0.3, 0.4) is 0 Å². The molecule has 0 saturated carbocycles. The fourth-order valence-corrected chi connectivity index (χ4v) is 2.63. The van der Waals surface area contributed by atoms with E-state index in [0.29, 0.717) is 9.47 Å². The van der Waals surface area contributed by atoms with Crippen LogP contribution in [0.15, 0.2) is 0 Å². The maximum atomic E-state index is 14.4. The summed E-state index contributed by atoms with van der Waals surface area (Å²) in [5.74, 6) is -18.3. The summed E-state index contributed by atoms with van der Waals surface area (Å²) >= 11 is 0. The third kappa shape index (κ3) is 7.95. The SMILES string of the molecule is FC(F)(F)C(F)(F)OC(F)(F)C(F)(OC(F)(F)C(C(F)(F)F)(C(F)(F)F)C(F)(F)OC(F)(F)C(F)(OC(F)(F)C(F)(F)F)C(F)(F)F)C(F)(F)F. The topological polar surface area (TPSA) is 36.9 Å². The van der Waals surface area contributed by atoms with Gasteiger partial charge < -0.3 is 0 Å². The molecule has 0 aromatic rings. The highest BCUT2D eigenvalue weighted by Gasteiger charge is 2.98. The van der Waals surface area contributed by atoms with Crippen LogP contribution in [-0.2, 0) is 18.9 Å². The van der Waals surface area contributed by atoms with Crippen LogP contribution in [0.2, 0.25) is 0 Å². The molecule has 2 atom stereocenters. The predicted molar refractivity (Wildman–Crippen MR) is 80.5 cm³/mol. The molecule has 308 valence electrons. The second kappa shape index (κ2) is 12.3. The molecular weight excluding hydrogens is 852 g/mol. The highest BCUT2D eigenvalue weighted by Crippen LogP contribution is 2.70. The Morgan fingerprint density at radius 3 is 0.588 bits per heavy atom. The molecule has 0 heterocycles. The number of hydrogen-bond donors (Lipinski definition) is 0. The van der Waals surface area contributed by atoms with Crippen LogP contribution in [0.25, 0.3) is 0 Å². The summed E-state index contributed by atoms with van der Waals surface area (Å²) in [6.07, 6.45) is -107.